The van der Waals surface area contributed by atoms with Gasteiger partial charge in [-0.3, -0.25) is 4.79 Å². The predicted molar refractivity (Wildman–Crippen MR) is 84.0 cm³/mol. The van der Waals surface area contributed by atoms with Crippen molar-refractivity contribution in [1.29, 1.82) is 0 Å². The molecule has 3 rings (SSSR count). The zero-order valence-electron chi connectivity index (χ0n) is 13.5. The SMILES string of the molecule is CC(=O)C1CC=C(c2ncn(-c3ccc(OC(F)(F)F)cc3)n2)CC1. The molecule has 0 amide bonds. The van der Waals surface area contributed by atoms with Crippen LogP contribution < -0.4 is 4.74 Å². The summed E-state index contributed by atoms with van der Waals surface area (Å²) in [6, 6.07) is 5.39. The molecular weight excluding hydrogens is 335 g/mol. The van der Waals surface area contributed by atoms with E-state index in [1.807, 2.05) is 6.08 Å². The highest BCUT2D eigenvalue weighted by atomic mass is 19.4. The van der Waals surface area contributed by atoms with E-state index in [1.165, 1.54) is 35.3 Å². The van der Waals surface area contributed by atoms with E-state index in [1.54, 1.807) is 6.92 Å². The number of carbonyl (C=O) groups is 1. The maximum Gasteiger partial charge on any atom is 0.573 e. The Balaban J connectivity index is 1.72. The number of hydrogen-bond acceptors (Lipinski definition) is 4. The van der Waals surface area contributed by atoms with Gasteiger partial charge in [0.1, 0.15) is 17.9 Å². The monoisotopic (exact) mass is 351 g/mol. The number of aromatic nitrogens is 3. The summed E-state index contributed by atoms with van der Waals surface area (Å²) in [6.07, 6.45) is 0.962. The van der Waals surface area contributed by atoms with Crippen molar-refractivity contribution >= 4 is 11.4 Å². The number of halogens is 3. The van der Waals surface area contributed by atoms with E-state index in [0.29, 0.717) is 17.9 Å². The van der Waals surface area contributed by atoms with Crippen LogP contribution >= 0.6 is 0 Å². The summed E-state index contributed by atoms with van der Waals surface area (Å²) in [6.45, 7) is 1.60. The largest absolute Gasteiger partial charge is 0.573 e. The van der Waals surface area contributed by atoms with Gasteiger partial charge >= 0.3 is 6.36 Å². The molecule has 1 heterocycles. The molecule has 8 heteroatoms. The highest BCUT2D eigenvalue weighted by molar-refractivity contribution is 5.79. The second kappa shape index (κ2) is 6.70. The third kappa shape index (κ3) is 4.26. The van der Waals surface area contributed by atoms with Gasteiger partial charge in [-0.05, 0) is 56.0 Å². The number of carbonyl (C=O) groups excluding carboxylic acids is 1. The standard InChI is InChI=1S/C17H16F3N3O2/c1-11(24)12-2-4-13(5-3-12)16-21-10-23(22-16)14-6-8-15(9-7-14)25-17(18,19)20/h4,6-10,12H,2-3,5H2,1H3. The Bertz CT molecular complexity index is 794. The van der Waals surface area contributed by atoms with Crippen LogP contribution in [0, 0.1) is 5.92 Å². The van der Waals surface area contributed by atoms with Crippen molar-refractivity contribution in [3.05, 3.63) is 42.5 Å². The van der Waals surface area contributed by atoms with Crippen LogP contribution in [0.1, 0.15) is 32.0 Å². The molecule has 0 spiro atoms. The Morgan fingerprint density at radius 1 is 1.28 bits per heavy atom. The molecular formula is C17H16F3N3O2. The first-order valence-corrected chi connectivity index (χ1v) is 7.79. The van der Waals surface area contributed by atoms with Gasteiger partial charge in [-0.1, -0.05) is 6.08 Å². The van der Waals surface area contributed by atoms with Crippen LogP contribution in [-0.4, -0.2) is 26.9 Å². The molecule has 1 aliphatic carbocycles. The lowest BCUT2D eigenvalue weighted by Crippen LogP contribution is -2.17. The van der Waals surface area contributed by atoms with Gasteiger partial charge in [-0.2, -0.15) is 0 Å². The molecule has 0 aliphatic heterocycles. The summed E-state index contributed by atoms with van der Waals surface area (Å²) < 4.78 is 41.9. The molecule has 132 valence electrons. The van der Waals surface area contributed by atoms with Gasteiger partial charge in [0.25, 0.3) is 0 Å². The van der Waals surface area contributed by atoms with Crippen LogP contribution in [0.25, 0.3) is 11.3 Å². The topological polar surface area (TPSA) is 57.0 Å². The summed E-state index contributed by atoms with van der Waals surface area (Å²) in [5.74, 6) is 0.529. The van der Waals surface area contributed by atoms with Gasteiger partial charge in [-0.15, -0.1) is 18.3 Å². The normalized spacial score (nSPS) is 17.9. The van der Waals surface area contributed by atoms with Crippen molar-refractivity contribution in [2.24, 2.45) is 5.92 Å². The lowest BCUT2D eigenvalue weighted by Gasteiger charge is -2.17. The fraction of sp³-hybridized carbons (Fsp3) is 0.353. The Kier molecular flexibility index (Phi) is 4.61. The molecule has 2 aromatic rings. The van der Waals surface area contributed by atoms with E-state index in [4.69, 9.17) is 0 Å². The fourth-order valence-electron chi connectivity index (χ4n) is 2.74. The number of allylic oxidation sites excluding steroid dienone is 2. The van der Waals surface area contributed by atoms with Gasteiger partial charge in [0.15, 0.2) is 5.82 Å². The fourth-order valence-corrected chi connectivity index (χ4v) is 2.74. The predicted octanol–water partition coefficient (Wildman–Crippen LogP) is 3.94. The van der Waals surface area contributed by atoms with Crippen LogP contribution in [0.2, 0.25) is 0 Å². The molecule has 0 N–H and O–H groups in total. The number of ether oxygens (including phenoxy) is 1. The molecule has 25 heavy (non-hydrogen) atoms. The first kappa shape index (κ1) is 17.2. The zero-order valence-corrected chi connectivity index (χ0v) is 13.5. The van der Waals surface area contributed by atoms with E-state index in [9.17, 15) is 18.0 Å². The minimum Gasteiger partial charge on any atom is -0.406 e. The summed E-state index contributed by atoms with van der Waals surface area (Å²) >= 11 is 0. The van der Waals surface area contributed by atoms with E-state index in [2.05, 4.69) is 14.8 Å². The summed E-state index contributed by atoms with van der Waals surface area (Å²) in [7, 11) is 0. The average molecular weight is 351 g/mol. The number of alkyl halides is 3. The minimum absolute atomic E-state index is 0.0620. The van der Waals surface area contributed by atoms with Crippen molar-refractivity contribution in [2.75, 3.05) is 0 Å². The molecule has 1 aromatic carbocycles. The van der Waals surface area contributed by atoms with Crippen LogP contribution in [0.3, 0.4) is 0 Å². The molecule has 0 fully saturated rings. The highest BCUT2D eigenvalue weighted by Gasteiger charge is 2.31. The average Bonchev–Trinajstić information content (AvgIpc) is 3.04. The molecule has 1 atom stereocenters. The van der Waals surface area contributed by atoms with E-state index < -0.39 is 6.36 Å². The van der Waals surface area contributed by atoms with Crippen LogP contribution in [0.4, 0.5) is 13.2 Å². The first-order valence-electron chi connectivity index (χ1n) is 7.79. The molecule has 1 unspecified atom stereocenters. The number of Topliss-reactive ketones (excluding diaryl/α,β-unsaturated/α-hetero) is 1. The Morgan fingerprint density at radius 3 is 2.56 bits per heavy atom. The summed E-state index contributed by atoms with van der Waals surface area (Å²) in [5.41, 5.74) is 1.56. The number of nitrogens with zero attached hydrogens (tertiary/aromatic N) is 3. The van der Waals surface area contributed by atoms with Crippen molar-refractivity contribution < 1.29 is 22.7 Å². The third-order valence-corrected chi connectivity index (χ3v) is 4.10. The third-order valence-electron chi connectivity index (χ3n) is 4.10. The van der Waals surface area contributed by atoms with Crippen LogP contribution in [-0.2, 0) is 4.79 Å². The van der Waals surface area contributed by atoms with Crippen molar-refractivity contribution in [3.8, 4) is 11.4 Å². The zero-order chi connectivity index (χ0) is 18.0. The van der Waals surface area contributed by atoms with Crippen molar-refractivity contribution in [2.45, 2.75) is 32.5 Å². The molecule has 5 nitrogen and oxygen atoms in total. The van der Waals surface area contributed by atoms with Gasteiger partial charge in [0, 0.05) is 5.92 Å². The lowest BCUT2D eigenvalue weighted by atomic mass is 9.87. The van der Waals surface area contributed by atoms with Crippen LogP contribution in [0.5, 0.6) is 5.75 Å². The maximum absolute atomic E-state index is 12.2. The molecule has 0 radical (unpaired) electrons. The Labute approximate surface area is 142 Å². The Morgan fingerprint density at radius 2 is 2.00 bits per heavy atom. The quantitative estimate of drug-likeness (QED) is 0.837. The van der Waals surface area contributed by atoms with Crippen LogP contribution in [0.15, 0.2) is 36.7 Å². The smallest absolute Gasteiger partial charge is 0.406 e. The Hall–Kier alpha value is -2.64. The molecule has 0 saturated heterocycles. The molecule has 0 saturated carbocycles. The maximum atomic E-state index is 12.2. The highest BCUT2D eigenvalue weighted by Crippen LogP contribution is 2.29. The number of rotatable bonds is 4. The molecule has 1 aliphatic rings. The minimum atomic E-state index is -4.72. The van der Waals surface area contributed by atoms with E-state index in [0.717, 1.165) is 18.4 Å². The number of hydrogen-bond donors (Lipinski definition) is 0. The van der Waals surface area contributed by atoms with Crippen molar-refractivity contribution in [1.82, 2.24) is 14.8 Å². The number of benzene rings is 1. The molecule has 1 aromatic heterocycles. The van der Waals surface area contributed by atoms with Gasteiger partial charge < -0.3 is 4.74 Å². The lowest BCUT2D eigenvalue weighted by molar-refractivity contribution is -0.274. The summed E-state index contributed by atoms with van der Waals surface area (Å²) in [5, 5.41) is 4.37. The second-order valence-corrected chi connectivity index (χ2v) is 5.87. The van der Waals surface area contributed by atoms with Gasteiger partial charge in [0.05, 0.1) is 5.69 Å². The van der Waals surface area contributed by atoms with Gasteiger partial charge in [-0.25, -0.2) is 9.67 Å². The van der Waals surface area contributed by atoms with E-state index in [-0.39, 0.29) is 17.5 Å². The van der Waals surface area contributed by atoms with Gasteiger partial charge in [0.2, 0.25) is 0 Å². The second-order valence-electron chi connectivity index (χ2n) is 5.87. The summed E-state index contributed by atoms with van der Waals surface area (Å²) in [4.78, 5) is 15.7. The van der Waals surface area contributed by atoms with Crippen molar-refractivity contribution in [3.63, 3.8) is 0 Å². The number of ketones is 1. The first-order chi connectivity index (χ1) is 11.8. The molecule has 0 bridgehead atoms. The van der Waals surface area contributed by atoms with E-state index >= 15 is 0 Å².